The van der Waals surface area contributed by atoms with Crippen molar-refractivity contribution in [3.8, 4) is 0 Å². The van der Waals surface area contributed by atoms with E-state index in [1.165, 1.54) is 39.0 Å². The normalized spacial score (nSPS) is 26.2. The van der Waals surface area contributed by atoms with Gasteiger partial charge in [0.15, 0.2) is 5.13 Å². The van der Waals surface area contributed by atoms with E-state index in [1.54, 1.807) is 11.3 Å². The van der Waals surface area contributed by atoms with Crippen LogP contribution in [-0.4, -0.2) is 53.5 Å². The summed E-state index contributed by atoms with van der Waals surface area (Å²) in [4.78, 5) is 9.56. The lowest BCUT2D eigenvalue weighted by Gasteiger charge is -2.37. The maximum Gasteiger partial charge on any atom is 0.180 e. The summed E-state index contributed by atoms with van der Waals surface area (Å²) >= 11 is 1.55. The highest BCUT2D eigenvalue weighted by Crippen LogP contribution is 2.21. The number of aromatic nitrogens is 1. The third-order valence-corrected chi connectivity index (χ3v) is 4.65. The second kappa shape index (κ2) is 4.92. The van der Waals surface area contributed by atoms with Crippen molar-refractivity contribution in [2.24, 2.45) is 0 Å². The minimum Gasteiger partial charge on any atom is -0.375 e. The van der Waals surface area contributed by atoms with Gasteiger partial charge < -0.3 is 10.6 Å². The maximum absolute atomic E-state index is 5.64. The van der Waals surface area contributed by atoms with Gasteiger partial charge in [-0.25, -0.2) is 4.98 Å². The van der Waals surface area contributed by atoms with E-state index in [0.717, 1.165) is 24.7 Å². The molecule has 2 aliphatic heterocycles. The molecule has 1 unspecified atom stereocenters. The van der Waals surface area contributed by atoms with Gasteiger partial charge >= 0.3 is 0 Å². The largest absolute Gasteiger partial charge is 0.375 e. The second-order valence-electron chi connectivity index (χ2n) is 5.06. The van der Waals surface area contributed by atoms with Crippen LogP contribution in [0, 0.1) is 0 Å². The first kappa shape index (κ1) is 11.4. The Labute approximate surface area is 106 Å². The smallest absolute Gasteiger partial charge is 0.180 e. The van der Waals surface area contributed by atoms with Crippen LogP contribution in [-0.2, 0) is 6.42 Å². The topological polar surface area (TPSA) is 45.4 Å². The third kappa shape index (κ3) is 2.61. The maximum atomic E-state index is 5.64. The summed E-state index contributed by atoms with van der Waals surface area (Å²) in [6.07, 6.45) is 3.82. The summed E-state index contributed by atoms with van der Waals surface area (Å²) in [6, 6.07) is 0.823. The van der Waals surface area contributed by atoms with Gasteiger partial charge in [-0.2, -0.15) is 0 Å². The molecule has 94 valence electrons. The number of nitrogen functional groups attached to an aromatic ring is 1. The van der Waals surface area contributed by atoms with Crippen molar-refractivity contribution >= 4 is 16.5 Å². The van der Waals surface area contributed by atoms with Crippen LogP contribution in [0.4, 0.5) is 5.13 Å². The van der Waals surface area contributed by atoms with Crippen molar-refractivity contribution in [3.63, 3.8) is 0 Å². The summed E-state index contributed by atoms with van der Waals surface area (Å²) in [5, 5.41) is 2.78. The predicted molar refractivity (Wildman–Crippen MR) is 71.3 cm³/mol. The van der Waals surface area contributed by atoms with E-state index in [-0.39, 0.29) is 0 Å². The van der Waals surface area contributed by atoms with Gasteiger partial charge in [-0.1, -0.05) is 0 Å². The molecule has 0 spiro atoms. The number of fused-ring (bicyclic) bond motifs is 1. The van der Waals surface area contributed by atoms with E-state index < -0.39 is 0 Å². The van der Waals surface area contributed by atoms with Gasteiger partial charge in [-0.3, -0.25) is 4.90 Å². The van der Waals surface area contributed by atoms with Crippen LogP contribution in [0.3, 0.4) is 0 Å². The van der Waals surface area contributed by atoms with Crippen LogP contribution in [0.25, 0.3) is 0 Å². The SMILES string of the molecule is Nc1nc(CCN2CCN3CCCC3C2)cs1. The van der Waals surface area contributed by atoms with E-state index in [2.05, 4.69) is 20.2 Å². The van der Waals surface area contributed by atoms with Gasteiger partial charge in [-0.05, 0) is 19.4 Å². The Morgan fingerprint density at radius 3 is 3.18 bits per heavy atom. The molecule has 3 rings (SSSR count). The summed E-state index contributed by atoms with van der Waals surface area (Å²) in [7, 11) is 0. The van der Waals surface area contributed by atoms with Crippen molar-refractivity contribution in [1.29, 1.82) is 0 Å². The molecular formula is C12H20N4S. The van der Waals surface area contributed by atoms with E-state index in [0.29, 0.717) is 5.13 Å². The highest BCUT2D eigenvalue weighted by Gasteiger charge is 2.30. The van der Waals surface area contributed by atoms with Crippen molar-refractivity contribution in [2.45, 2.75) is 25.3 Å². The van der Waals surface area contributed by atoms with Gasteiger partial charge in [0.25, 0.3) is 0 Å². The number of hydrogen-bond acceptors (Lipinski definition) is 5. The Bertz CT molecular complexity index is 378. The molecule has 2 fully saturated rings. The Hall–Kier alpha value is -0.650. The fourth-order valence-electron chi connectivity index (χ4n) is 2.97. The van der Waals surface area contributed by atoms with Crippen LogP contribution in [0.2, 0.25) is 0 Å². The summed E-state index contributed by atoms with van der Waals surface area (Å²) in [6.45, 7) is 6.17. The number of thiazole rings is 1. The number of nitrogens with two attached hydrogens (primary N) is 1. The van der Waals surface area contributed by atoms with Gasteiger partial charge in [0, 0.05) is 44.0 Å². The number of anilines is 1. The summed E-state index contributed by atoms with van der Waals surface area (Å²) in [5.41, 5.74) is 6.80. The highest BCUT2D eigenvalue weighted by atomic mass is 32.1. The number of hydrogen-bond donors (Lipinski definition) is 1. The van der Waals surface area contributed by atoms with Crippen molar-refractivity contribution in [3.05, 3.63) is 11.1 Å². The minimum atomic E-state index is 0.695. The summed E-state index contributed by atoms with van der Waals surface area (Å²) < 4.78 is 0. The molecule has 2 saturated heterocycles. The molecule has 1 aromatic rings. The molecule has 2 N–H and O–H groups in total. The molecule has 17 heavy (non-hydrogen) atoms. The van der Waals surface area contributed by atoms with Crippen molar-refractivity contribution < 1.29 is 0 Å². The zero-order valence-electron chi connectivity index (χ0n) is 10.1. The van der Waals surface area contributed by atoms with Crippen LogP contribution in [0.1, 0.15) is 18.5 Å². The van der Waals surface area contributed by atoms with E-state index in [1.807, 2.05) is 0 Å². The lowest BCUT2D eigenvalue weighted by Crippen LogP contribution is -2.50. The Morgan fingerprint density at radius 1 is 1.41 bits per heavy atom. The second-order valence-corrected chi connectivity index (χ2v) is 5.95. The lowest BCUT2D eigenvalue weighted by molar-refractivity contribution is 0.105. The Morgan fingerprint density at radius 2 is 2.35 bits per heavy atom. The zero-order valence-corrected chi connectivity index (χ0v) is 11.0. The third-order valence-electron chi connectivity index (χ3n) is 3.93. The van der Waals surface area contributed by atoms with E-state index in [9.17, 15) is 0 Å². The molecule has 0 radical (unpaired) electrons. The molecule has 4 nitrogen and oxygen atoms in total. The fourth-order valence-corrected chi connectivity index (χ4v) is 3.57. The van der Waals surface area contributed by atoms with Crippen LogP contribution >= 0.6 is 11.3 Å². The zero-order chi connectivity index (χ0) is 11.7. The molecular weight excluding hydrogens is 232 g/mol. The molecule has 1 aromatic heterocycles. The minimum absolute atomic E-state index is 0.695. The molecule has 5 heteroatoms. The van der Waals surface area contributed by atoms with Gasteiger partial charge in [-0.15, -0.1) is 11.3 Å². The molecule has 0 amide bonds. The molecule has 1 atom stereocenters. The van der Waals surface area contributed by atoms with Crippen LogP contribution < -0.4 is 5.73 Å². The van der Waals surface area contributed by atoms with Crippen LogP contribution in [0.5, 0.6) is 0 Å². The highest BCUT2D eigenvalue weighted by molar-refractivity contribution is 7.13. The van der Waals surface area contributed by atoms with Gasteiger partial charge in [0.1, 0.15) is 0 Å². The first-order valence-electron chi connectivity index (χ1n) is 6.47. The Balaban J connectivity index is 1.49. The van der Waals surface area contributed by atoms with E-state index in [4.69, 9.17) is 5.73 Å². The molecule has 0 aliphatic carbocycles. The monoisotopic (exact) mass is 252 g/mol. The van der Waals surface area contributed by atoms with Gasteiger partial charge in [0.05, 0.1) is 5.69 Å². The Kier molecular flexibility index (Phi) is 3.31. The lowest BCUT2D eigenvalue weighted by atomic mass is 10.1. The fraction of sp³-hybridized carbons (Fsp3) is 0.750. The predicted octanol–water partition coefficient (Wildman–Crippen LogP) is 1.05. The molecule has 0 aromatic carbocycles. The molecule has 2 aliphatic rings. The first-order chi connectivity index (χ1) is 8.31. The number of nitrogens with zero attached hydrogens (tertiary/aromatic N) is 3. The number of rotatable bonds is 3. The quantitative estimate of drug-likeness (QED) is 0.873. The van der Waals surface area contributed by atoms with Crippen molar-refractivity contribution in [1.82, 2.24) is 14.8 Å². The standard InChI is InChI=1S/C12H20N4S/c13-12-14-10(9-17-12)3-5-15-6-7-16-4-1-2-11(16)8-15/h9,11H,1-8H2,(H2,13,14). The van der Waals surface area contributed by atoms with Gasteiger partial charge in [0.2, 0.25) is 0 Å². The van der Waals surface area contributed by atoms with Crippen molar-refractivity contribution in [2.75, 3.05) is 38.5 Å². The first-order valence-corrected chi connectivity index (χ1v) is 7.35. The van der Waals surface area contributed by atoms with E-state index >= 15 is 0 Å². The number of piperazine rings is 1. The molecule has 0 bridgehead atoms. The molecule has 0 saturated carbocycles. The van der Waals surface area contributed by atoms with Crippen LogP contribution in [0.15, 0.2) is 5.38 Å². The average Bonchev–Trinajstić information content (AvgIpc) is 2.94. The summed E-state index contributed by atoms with van der Waals surface area (Å²) in [5.74, 6) is 0. The average molecular weight is 252 g/mol. The molecule has 3 heterocycles.